The summed E-state index contributed by atoms with van der Waals surface area (Å²) in [6.07, 6.45) is 10.4. The van der Waals surface area contributed by atoms with Crippen LogP contribution in [0.3, 0.4) is 0 Å². The summed E-state index contributed by atoms with van der Waals surface area (Å²) < 4.78 is 14.3. The number of hydrogen-bond donors (Lipinski definition) is 1. The smallest absolute Gasteiger partial charge is 0.129 e. The topological polar surface area (TPSA) is 12.0 Å². The molecule has 0 fully saturated rings. The SMILES string of the molecule is CCCNC(/C1=C/CCCCCC1)c1c(F)cccc1Cl. The van der Waals surface area contributed by atoms with Crippen LogP contribution >= 0.6 is 11.6 Å². The Morgan fingerprint density at radius 2 is 2.05 bits per heavy atom. The highest BCUT2D eigenvalue weighted by molar-refractivity contribution is 6.31. The fourth-order valence-corrected chi connectivity index (χ4v) is 3.24. The van der Waals surface area contributed by atoms with Gasteiger partial charge in [-0.2, -0.15) is 0 Å². The average molecular weight is 310 g/mol. The van der Waals surface area contributed by atoms with E-state index in [-0.39, 0.29) is 11.9 Å². The lowest BCUT2D eigenvalue weighted by atomic mass is 9.90. The third-order valence-corrected chi connectivity index (χ3v) is 4.41. The molecule has 21 heavy (non-hydrogen) atoms. The van der Waals surface area contributed by atoms with Gasteiger partial charge in [0.05, 0.1) is 6.04 Å². The van der Waals surface area contributed by atoms with E-state index >= 15 is 0 Å². The first-order valence-corrected chi connectivity index (χ1v) is 8.48. The van der Waals surface area contributed by atoms with Crippen molar-refractivity contribution in [2.45, 2.75) is 57.9 Å². The molecule has 0 aliphatic heterocycles. The van der Waals surface area contributed by atoms with Crippen LogP contribution in [0.15, 0.2) is 29.8 Å². The molecule has 1 aliphatic rings. The molecule has 0 saturated heterocycles. The van der Waals surface area contributed by atoms with E-state index in [1.54, 1.807) is 12.1 Å². The molecule has 0 radical (unpaired) electrons. The van der Waals surface area contributed by atoms with Gasteiger partial charge in [-0.3, -0.25) is 0 Å². The lowest BCUT2D eigenvalue weighted by Gasteiger charge is -2.25. The van der Waals surface area contributed by atoms with Crippen molar-refractivity contribution in [3.63, 3.8) is 0 Å². The lowest BCUT2D eigenvalue weighted by Crippen LogP contribution is -2.25. The molecule has 2 rings (SSSR count). The second-order valence-electron chi connectivity index (χ2n) is 5.75. The Labute approximate surface area is 132 Å². The molecule has 0 saturated carbocycles. The van der Waals surface area contributed by atoms with Crippen LogP contribution in [0.25, 0.3) is 0 Å². The predicted molar refractivity (Wildman–Crippen MR) is 88.2 cm³/mol. The second-order valence-corrected chi connectivity index (χ2v) is 6.16. The number of benzene rings is 1. The van der Waals surface area contributed by atoms with E-state index in [4.69, 9.17) is 11.6 Å². The van der Waals surface area contributed by atoms with Gasteiger partial charge in [0.15, 0.2) is 0 Å². The molecule has 3 heteroatoms. The van der Waals surface area contributed by atoms with Crippen LogP contribution in [0.1, 0.15) is 63.5 Å². The van der Waals surface area contributed by atoms with Gasteiger partial charge in [0.25, 0.3) is 0 Å². The summed E-state index contributed by atoms with van der Waals surface area (Å²) in [4.78, 5) is 0. The Hall–Kier alpha value is -0.860. The molecule has 0 heterocycles. The monoisotopic (exact) mass is 309 g/mol. The molecule has 1 atom stereocenters. The summed E-state index contributed by atoms with van der Waals surface area (Å²) in [7, 11) is 0. The fourth-order valence-electron chi connectivity index (χ4n) is 2.97. The van der Waals surface area contributed by atoms with Crippen molar-refractivity contribution >= 4 is 11.6 Å². The molecule has 0 spiro atoms. The zero-order valence-electron chi connectivity index (χ0n) is 12.8. The Morgan fingerprint density at radius 3 is 2.81 bits per heavy atom. The van der Waals surface area contributed by atoms with Gasteiger partial charge >= 0.3 is 0 Å². The molecule has 1 aromatic rings. The van der Waals surface area contributed by atoms with E-state index in [0.29, 0.717) is 10.6 Å². The Balaban J connectivity index is 2.32. The first kappa shape index (κ1) is 16.5. The van der Waals surface area contributed by atoms with Gasteiger partial charge in [0.2, 0.25) is 0 Å². The molecule has 0 bridgehead atoms. The van der Waals surface area contributed by atoms with E-state index in [0.717, 1.165) is 25.8 Å². The molecule has 0 aromatic heterocycles. The normalized spacial score (nSPS) is 20.2. The maximum absolute atomic E-state index is 14.3. The Bertz CT molecular complexity index is 464. The van der Waals surface area contributed by atoms with E-state index < -0.39 is 0 Å². The van der Waals surface area contributed by atoms with Crippen LogP contribution in [0.4, 0.5) is 4.39 Å². The first-order valence-electron chi connectivity index (χ1n) is 8.10. The summed E-state index contributed by atoms with van der Waals surface area (Å²) >= 11 is 6.29. The van der Waals surface area contributed by atoms with E-state index in [2.05, 4.69) is 18.3 Å². The van der Waals surface area contributed by atoms with Gasteiger partial charge in [0.1, 0.15) is 5.82 Å². The maximum atomic E-state index is 14.3. The van der Waals surface area contributed by atoms with Gasteiger partial charge < -0.3 is 5.32 Å². The van der Waals surface area contributed by atoms with Crippen LogP contribution in [-0.4, -0.2) is 6.54 Å². The van der Waals surface area contributed by atoms with Crippen LogP contribution < -0.4 is 5.32 Å². The minimum atomic E-state index is -0.209. The molecule has 1 aromatic carbocycles. The van der Waals surface area contributed by atoms with E-state index in [1.165, 1.54) is 37.3 Å². The highest BCUT2D eigenvalue weighted by Gasteiger charge is 2.22. The standard InChI is InChI=1S/C18H25ClFN/c1-2-13-21-18(14-9-6-4-3-5-7-10-14)17-15(19)11-8-12-16(17)20/h8-9,11-12,18,21H,2-7,10,13H2,1H3/b14-9+. The summed E-state index contributed by atoms with van der Waals surface area (Å²) in [6.45, 7) is 2.99. The zero-order chi connectivity index (χ0) is 15.1. The highest BCUT2D eigenvalue weighted by Crippen LogP contribution is 2.34. The highest BCUT2D eigenvalue weighted by atomic mass is 35.5. The van der Waals surface area contributed by atoms with Crippen molar-refractivity contribution in [1.29, 1.82) is 0 Å². The third-order valence-electron chi connectivity index (χ3n) is 4.08. The quantitative estimate of drug-likeness (QED) is 0.678. The minimum Gasteiger partial charge on any atom is -0.306 e. The van der Waals surface area contributed by atoms with Crippen molar-refractivity contribution in [2.75, 3.05) is 6.54 Å². The van der Waals surface area contributed by atoms with Gasteiger partial charge in [0, 0.05) is 10.6 Å². The van der Waals surface area contributed by atoms with Crippen LogP contribution in [0.2, 0.25) is 5.02 Å². The second kappa shape index (κ2) is 8.55. The average Bonchev–Trinajstić information content (AvgIpc) is 2.42. The minimum absolute atomic E-state index is 0.0863. The number of nitrogens with one attached hydrogen (secondary N) is 1. The van der Waals surface area contributed by atoms with Gasteiger partial charge in [-0.15, -0.1) is 0 Å². The zero-order valence-corrected chi connectivity index (χ0v) is 13.6. The molecule has 1 unspecified atom stereocenters. The summed E-state index contributed by atoms with van der Waals surface area (Å²) in [6, 6.07) is 4.87. The van der Waals surface area contributed by atoms with Crippen LogP contribution in [-0.2, 0) is 0 Å². The molecule has 1 N–H and O–H groups in total. The van der Waals surface area contributed by atoms with Crippen molar-refractivity contribution in [1.82, 2.24) is 5.32 Å². The Kier molecular flexibility index (Phi) is 6.72. The van der Waals surface area contributed by atoms with E-state index in [9.17, 15) is 4.39 Å². The number of halogens is 2. The molecule has 0 amide bonds. The first-order chi connectivity index (χ1) is 10.2. The maximum Gasteiger partial charge on any atom is 0.129 e. The van der Waals surface area contributed by atoms with Gasteiger partial charge in [-0.05, 0) is 50.8 Å². The third kappa shape index (κ3) is 4.55. The molecular formula is C18H25ClFN. The summed E-state index contributed by atoms with van der Waals surface area (Å²) in [5, 5.41) is 4.01. The number of rotatable bonds is 5. The lowest BCUT2D eigenvalue weighted by molar-refractivity contribution is 0.514. The summed E-state index contributed by atoms with van der Waals surface area (Å²) in [5.74, 6) is -0.209. The number of allylic oxidation sites excluding steroid dienone is 1. The predicted octanol–water partition coefficient (Wildman–Crippen LogP) is 5.80. The molecular weight excluding hydrogens is 285 g/mol. The van der Waals surface area contributed by atoms with Crippen molar-refractivity contribution in [3.05, 3.63) is 46.3 Å². The Morgan fingerprint density at radius 1 is 1.24 bits per heavy atom. The fraction of sp³-hybridized carbons (Fsp3) is 0.556. The number of hydrogen-bond acceptors (Lipinski definition) is 1. The van der Waals surface area contributed by atoms with Crippen molar-refractivity contribution in [2.24, 2.45) is 0 Å². The van der Waals surface area contributed by atoms with Crippen molar-refractivity contribution in [3.8, 4) is 0 Å². The van der Waals surface area contributed by atoms with Gasteiger partial charge in [-0.1, -0.05) is 49.1 Å². The molecule has 1 aliphatic carbocycles. The molecule has 116 valence electrons. The van der Waals surface area contributed by atoms with E-state index in [1.807, 2.05) is 0 Å². The van der Waals surface area contributed by atoms with Crippen LogP contribution in [0.5, 0.6) is 0 Å². The summed E-state index contributed by atoms with van der Waals surface area (Å²) in [5.41, 5.74) is 1.91. The van der Waals surface area contributed by atoms with Crippen molar-refractivity contribution < 1.29 is 4.39 Å². The van der Waals surface area contributed by atoms with Crippen LogP contribution in [0, 0.1) is 5.82 Å². The largest absolute Gasteiger partial charge is 0.306 e. The molecule has 1 nitrogen and oxygen atoms in total. The van der Waals surface area contributed by atoms with Gasteiger partial charge in [-0.25, -0.2) is 4.39 Å².